The van der Waals surface area contributed by atoms with E-state index in [9.17, 15) is 4.79 Å². The number of nitrogens with zero attached hydrogens (tertiary/aromatic N) is 2. The smallest absolute Gasteiger partial charge is 0.358 e. The van der Waals surface area contributed by atoms with E-state index in [1.165, 1.54) is 17.5 Å². The highest BCUT2D eigenvalue weighted by molar-refractivity contribution is 7.09. The van der Waals surface area contributed by atoms with Crippen LogP contribution in [0.3, 0.4) is 0 Å². The normalized spacial score (nSPS) is 10.0. The third kappa shape index (κ3) is 2.34. The van der Waals surface area contributed by atoms with E-state index in [0.717, 1.165) is 4.88 Å². The third-order valence-corrected chi connectivity index (χ3v) is 2.58. The van der Waals surface area contributed by atoms with Gasteiger partial charge in [0.1, 0.15) is 6.61 Å². The van der Waals surface area contributed by atoms with Crippen molar-refractivity contribution < 1.29 is 14.6 Å². The van der Waals surface area contributed by atoms with E-state index in [0.29, 0.717) is 6.61 Å². The summed E-state index contributed by atoms with van der Waals surface area (Å²) >= 11 is 1.45. The monoisotopic (exact) mass is 236 g/mol. The highest BCUT2D eigenvalue weighted by Crippen LogP contribution is 2.17. The molecule has 1 N–H and O–H groups in total. The lowest BCUT2D eigenvalue weighted by Crippen LogP contribution is -2.04. The van der Waals surface area contributed by atoms with Crippen LogP contribution in [0.15, 0.2) is 30.0 Å². The van der Waals surface area contributed by atoms with Crippen molar-refractivity contribution in [2.24, 2.45) is 0 Å². The Labute approximate surface area is 95.4 Å². The highest BCUT2D eigenvalue weighted by Gasteiger charge is 2.12. The Morgan fingerprint density at radius 1 is 1.56 bits per heavy atom. The zero-order chi connectivity index (χ0) is 11.4. The number of carboxylic acids is 1. The summed E-state index contributed by atoms with van der Waals surface area (Å²) in [6, 6.07) is 3.21. The van der Waals surface area contributed by atoms with Crippen molar-refractivity contribution in [3.05, 3.63) is 40.6 Å². The van der Waals surface area contributed by atoms with Crippen LogP contribution in [-0.2, 0) is 6.61 Å². The summed E-state index contributed by atoms with van der Waals surface area (Å²) in [7, 11) is 0. The number of thiazole rings is 1. The Bertz CT molecular complexity index is 485. The van der Waals surface area contributed by atoms with Crippen LogP contribution in [0.5, 0.6) is 5.75 Å². The highest BCUT2D eigenvalue weighted by atomic mass is 32.1. The van der Waals surface area contributed by atoms with Crippen molar-refractivity contribution in [1.82, 2.24) is 9.97 Å². The minimum Gasteiger partial charge on any atom is -0.485 e. The van der Waals surface area contributed by atoms with Gasteiger partial charge in [0.15, 0.2) is 11.4 Å². The first-order valence-electron chi connectivity index (χ1n) is 4.46. The summed E-state index contributed by atoms with van der Waals surface area (Å²) in [5.74, 6) is -0.830. The second kappa shape index (κ2) is 4.71. The van der Waals surface area contributed by atoms with Gasteiger partial charge < -0.3 is 9.84 Å². The van der Waals surface area contributed by atoms with Gasteiger partial charge in [-0.1, -0.05) is 0 Å². The molecule has 82 valence electrons. The molecule has 0 amide bonds. The van der Waals surface area contributed by atoms with Crippen LogP contribution in [0.2, 0.25) is 0 Å². The van der Waals surface area contributed by atoms with Gasteiger partial charge in [0.05, 0.1) is 10.4 Å². The fourth-order valence-corrected chi connectivity index (χ4v) is 1.64. The summed E-state index contributed by atoms with van der Waals surface area (Å²) < 4.78 is 5.37. The van der Waals surface area contributed by atoms with Crippen molar-refractivity contribution in [2.75, 3.05) is 0 Å². The number of carbonyl (C=O) groups is 1. The van der Waals surface area contributed by atoms with Gasteiger partial charge in [-0.05, 0) is 12.1 Å². The Kier molecular flexibility index (Phi) is 3.11. The predicted molar refractivity (Wildman–Crippen MR) is 57.6 cm³/mol. The maximum Gasteiger partial charge on any atom is 0.358 e. The first-order chi connectivity index (χ1) is 7.77. The Morgan fingerprint density at radius 2 is 2.44 bits per heavy atom. The SMILES string of the molecule is O=C(O)c1ncccc1OCc1cncs1. The molecule has 0 aromatic carbocycles. The number of rotatable bonds is 4. The van der Waals surface area contributed by atoms with E-state index in [2.05, 4.69) is 9.97 Å². The molecule has 0 atom stereocenters. The molecule has 0 spiro atoms. The number of carboxylic acid groups (broad SMARTS) is 1. The quantitative estimate of drug-likeness (QED) is 0.876. The number of hydrogen-bond donors (Lipinski definition) is 1. The molecule has 2 aromatic rings. The Morgan fingerprint density at radius 3 is 3.12 bits per heavy atom. The van der Waals surface area contributed by atoms with Gasteiger partial charge in [-0.15, -0.1) is 11.3 Å². The van der Waals surface area contributed by atoms with Crippen LogP contribution in [0.25, 0.3) is 0 Å². The summed E-state index contributed by atoms with van der Waals surface area (Å²) in [5, 5.41) is 8.87. The lowest BCUT2D eigenvalue weighted by Gasteiger charge is -2.06. The van der Waals surface area contributed by atoms with Crippen molar-refractivity contribution in [3.63, 3.8) is 0 Å². The Hall–Kier alpha value is -1.95. The molecule has 5 nitrogen and oxygen atoms in total. The van der Waals surface area contributed by atoms with Crippen LogP contribution in [0, 0.1) is 0 Å². The van der Waals surface area contributed by atoms with Crippen LogP contribution in [0.4, 0.5) is 0 Å². The van der Waals surface area contributed by atoms with Crippen molar-refractivity contribution in [3.8, 4) is 5.75 Å². The van der Waals surface area contributed by atoms with Crippen LogP contribution >= 0.6 is 11.3 Å². The van der Waals surface area contributed by atoms with Gasteiger partial charge in [0, 0.05) is 12.4 Å². The molecular weight excluding hydrogens is 228 g/mol. The van der Waals surface area contributed by atoms with E-state index in [4.69, 9.17) is 9.84 Å². The number of aromatic carboxylic acids is 1. The average Bonchev–Trinajstić information content (AvgIpc) is 2.79. The summed E-state index contributed by atoms with van der Waals surface area (Å²) in [4.78, 5) is 19.4. The molecule has 6 heteroatoms. The molecule has 0 bridgehead atoms. The number of ether oxygens (including phenoxy) is 1. The standard InChI is InChI=1S/C10H8N2O3S/c13-10(14)9-8(2-1-3-12-9)15-5-7-4-11-6-16-7/h1-4,6H,5H2,(H,13,14). The van der Waals surface area contributed by atoms with Crippen molar-refractivity contribution in [1.29, 1.82) is 0 Å². The zero-order valence-corrected chi connectivity index (χ0v) is 8.98. The predicted octanol–water partition coefficient (Wildman–Crippen LogP) is 1.82. The van der Waals surface area contributed by atoms with E-state index in [1.807, 2.05) is 0 Å². The minimum atomic E-state index is -1.10. The third-order valence-electron chi connectivity index (χ3n) is 1.83. The second-order valence-electron chi connectivity index (χ2n) is 2.91. The van der Waals surface area contributed by atoms with Crippen LogP contribution < -0.4 is 4.74 Å². The largest absolute Gasteiger partial charge is 0.485 e. The average molecular weight is 236 g/mol. The van der Waals surface area contributed by atoms with Gasteiger partial charge >= 0.3 is 5.97 Å². The molecule has 0 aliphatic heterocycles. The second-order valence-corrected chi connectivity index (χ2v) is 3.88. The van der Waals surface area contributed by atoms with Gasteiger partial charge in [-0.25, -0.2) is 9.78 Å². The molecule has 0 saturated heterocycles. The van der Waals surface area contributed by atoms with Gasteiger partial charge in [0.2, 0.25) is 0 Å². The lowest BCUT2D eigenvalue weighted by molar-refractivity contribution is 0.0685. The van der Waals surface area contributed by atoms with Gasteiger partial charge in [-0.3, -0.25) is 4.98 Å². The molecule has 2 aromatic heterocycles. The molecule has 16 heavy (non-hydrogen) atoms. The number of pyridine rings is 1. The first-order valence-corrected chi connectivity index (χ1v) is 5.34. The van der Waals surface area contributed by atoms with E-state index in [1.54, 1.807) is 23.8 Å². The summed E-state index contributed by atoms with van der Waals surface area (Å²) in [6.45, 7) is 0.302. The molecule has 0 radical (unpaired) electrons. The van der Waals surface area contributed by atoms with E-state index >= 15 is 0 Å². The first kappa shape index (κ1) is 10.6. The fraction of sp³-hybridized carbons (Fsp3) is 0.100. The van der Waals surface area contributed by atoms with Crippen LogP contribution in [0.1, 0.15) is 15.4 Å². The maximum atomic E-state index is 10.8. The maximum absolute atomic E-state index is 10.8. The fourth-order valence-electron chi connectivity index (χ4n) is 1.13. The molecule has 0 fully saturated rings. The summed E-state index contributed by atoms with van der Waals surface area (Å²) in [6.07, 6.45) is 3.10. The molecule has 2 heterocycles. The van der Waals surface area contributed by atoms with Crippen molar-refractivity contribution in [2.45, 2.75) is 6.61 Å². The zero-order valence-electron chi connectivity index (χ0n) is 8.16. The summed E-state index contributed by atoms with van der Waals surface area (Å²) in [5.41, 5.74) is 1.62. The molecule has 0 aliphatic carbocycles. The molecule has 0 aliphatic rings. The number of hydrogen-bond acceptors (Lipinski definition) is 5. The molecular formula is C10H8N2O3S. The van der Waals surface area contributed by atoms with Gasteiger partial charge in [-0.2, -0.15) is 0 Å². The minimum absolute atomic E-state index is 0.0768. The Balaban J connectivity index is 2.12. The lowest BCUT2D eigenvalue weighted by atomic mass is 10.3. The number of aromatic nitrogens is 2. The topological polar surface area (TPSA) is 72.3 Å². The molecule has 0 saturated carbocycles. The van der Waals surface area contributed by atoms with Crippen molar-refractivity contribution >= 4 is 17.3 Å². The van der Waals surface area contributed by atoms with Gasteiger partial charge in [0.25, 0.3) is 0 Å². The van der Waals surface area contributed by atoms with Crippen LogP contribution in [-0.4, -0.2) is 21.0 Å². The van der Waals surface area contributed by atoms with E-state index < -0.39 is 5.97 Å². The van der Waals surface area contributed by atoms with E-state index in [-0.39, 0.29) is 11.4 Å². The molecule has 2 rings (SSSR count). The molecule has 0 unspecified atom stereocenters.